The van der Waals surface area contributed by atoms with Gasteiger partial charge >= 0.3 is 0 Å². The number of nitro benzene ring substituents is 1. The molecule has 120 valence electrons. The lowest BCUT2D eigenvalue weighted by Gasteiger charge is -2.13. The molecule has 0 radical (unpaired) electrons. The number of nitrogens with zero attached hydrogens (tertiary/aromatic N) is 2. The highest BCUT2D eigenvalue weighted by Gasteiger charge is 2.23. The van der Waals surface area contributed by atoms with Gasteiger partial charge in [-0.15, -0.1) is 0 Å². The standard InChI is InChI=1S/C14H11BrN2O5S/c1-8-6-12(9(2)13(15)14(8)18)16-23(21,22)11-5-3-4-10(7-11)17(19)20/h3-7H,1-2H3/b16-12+. The molecular formula is C14H11BrN2O5S. The van der Waals surface area contributed by atoms with Crippen molar-refractivity contribution in [3.05, 3.63) is 56.1 Å². The molecule has 0 heterocycles. The molecule has 0 unspecified atom stereocenters. The number of hydrogen-bond donors (Lipinski definition) is 0. The van der Waals surface area contributed by atoms with Gasteiger partial charge in [0, 0.05) is 12.1 Å². The van der Waals surface area contributed by atoms with Gasteiger partial charge in [-0.3, -0.25) is 14.9 Å². The zero-order chi connectivity index (χ0) is 17.4. The van der Waals surface area contributed by atoms with Crippen LogP contribution < -0.4 is 0 Å². The van der Waals surface area contributed by atoms with Crippen LogP contribution in [0, 0.1) is 10.1 Å². The van der Waals surface area contributed by atoms with Crippen molar-refractivity contribution in [3.63, 3.8) is 0 Å². The summed E-state index contributed by atoms with van der Waals surface area (Å²) in [5.41, 5.74) is 0.496. The quantitative estimate of drug-likeness (QED) is 0.441. The number of sulfonamides is 1. The SMILES string of the molecule is CC1=C/C(=N\S(=O)(=O)c2cccc([N+](=O)[O-])c2)C(C)=C(Br)C1=O. The van der Waals surface area contributed by atoms with Crippen molar-refractivity contribution in [2.45, 2.75) is 18.7 Å². The van der Waals surface area contributed by atoms with Crippen LogP contribution in [0.15, 0.2) is 55.3 Å². The Labute approximate surface area is 140 Å². The highest BCUT2D eigenvalue weighted by Crippen LogP contribution is 2.26. The van der Waals surface area contributed by atoms with Crippen LogP contribution in [-0.2, 0) is 14.8 Å². The number of hydrogen-bond acceptors (Lipinski definition) is 5. The van der Waals surface area contributed by atoms with Crippen molar-refractivity contribution in [1.29, 1.82) is 0 Å². The summed E-state index contributed by atoms with van der Waals surface area (Å²) in [5, 5.41) is 10.8. The third kappa shape index (κ3) is 3.45. The van der Waals surface area contributed by atoms with E-state index in [0.717, 1.165) is 6.07 Å². The molecule has 9 heteroatoms. The normalized spacial score (nSPS) is 17.4. The number of carbonyl (C=O) groups is 1. The van der Waals surface area contributed by atoms with Crippen LogP contribution in [0.2, 0.25) is 0 Å². The van der Waals surface area contributed by atoms with Gasteiger partial charge in [0.05, 0.1) is 20.0 Å². The van der Waals surface area contributed by atoms with E-state index in [-0.39, 0.29) is 26.6 Å². The van der Waals surface area contributed by atoms with Crippen LogP contribution in [0.5, 0.6) is 0 Å². The molecule has 0 bridgehead atoms. The molecule has 0 aliphatic heterocycles. The van der Waals surface area contributed by atoms with Gasteiger partial charge in [0.2, 0.25) is 0 Å². The molecule has 0 saturated heterocycles. The first kappa shape index (κ1) is 17.2. The first-order valence-corrected chi connectivity index (χ1v) is 8.56. The van der Waals surface area contributed by atoms with E-state index >= 15 is 0 Å². The maximum Gasteiger partial charge on any atom is 0.283 e. The molecular weight excluding hydrogens is 388 g/mol. The summed E-state index contributed by atoms with van der Waals surface area (Å²) in [4.78, 5) is 21.6. The molecule has 0 aromatic heterocycles. The largest absolute Gasteiger partial charge is 0.288 e. The topological polar surface area (TPSA) is 107 Å². The Bertz CT molecular complexity index is 913. The number of nitro groups is 1. The van der Waals surface area contributed by atoms with E-state index < -0.39 is 14.9 Å². The number of halogens is 1. The van der Waals surface area contributed by atoms with Crippen molar-refractivity contribution in [3.8, 4) is 0 Å². The maximum atomic E-state index is 12.4. The van der Waals surface area contributed by atoms with E-state index in [9.17, 15) is 23.3 Å². The van der Waals surface area contributed by atoms with Crippen molar-refractivity contribution < 1.29 is 18.1 Å². The monoisotopic (exact) mass is 398 g/mol. The predicted molar refractivity (Wildman–Crippen MR) is 88.1 cm³/mol. The third-order valence-corrected chi connectivity index (χ3v) is 5.41. The predicted octanol–water partition coefficient (Wildman–Crippen LogP) is 2.92. The minimum Gasteiger partial charge on any atom is -0.288 e. The van der Waals surface area contributed by atoms with Gasteiger partial charge in [0.25, 0.3) is 15.7 Å². The van der Waals surface area contributed by atoms with Crippen LogP contribution in [0.3, 0.4) is 0 Å². The summed E-state index contributed by atoms with van der Waals surface area (Å²) in [5.74, 6) is -0.241. The summed E-state index contributed by atoms with van der Waals surface area (Å²) >= 11 is 3.12. The maximum absolute atomic E-state index is 12.4. The number of non-ortho nitro benzene ring substituents is 1. The van der Waals surface area contributed by atoms with Crippen molar-refractivity contribution >= 4 is 43.1 Å². The number of rotatable bonds is 3. The molecule has 1 aromatic carbocycles. The van der Waals surface area contributed by atoms with Gasteiger partial charge in [-0.25, -0.2) is 0 Å². The Morgan fingerprint density at radius 1 is 1.26 bits per heavy atom. The van der Waals surface area contributed by atoms with Gasteiger partial charge in [-0.1, -0.05) is 6.07 Å². The number of benzene rings is 1. The Morgan fingerprint density at radius 2 is 1.91 bits per heavy atom. The van der Waals surface area contributed by atoms with Crippen molar-refractivity contribution in [2.24, 2.45) is 4.40 Å². The van der Waals surface area contributed by atoms with Crippen LogP contribution in [0.25, 0.3) is 0 Å². The zero-order valence-electron chi connectivity index (χ0n) is 12.1. The van der Waals surface area contributed by atoms with E-state index in [4.69, 9.17) is 0 Å². The van der Waals surface area contributed by atoms with E-state index in [2.05, 4.69) is 20.3 Å². The van der Waals surface area contributed by atoms with E-state index in [1.807, 2.05) is 0 Å². The molecule has 0 spiro atoms. The Balaban J connectivity index is 2.55. The van der Waals surface area contributed by atoms with E-state index in [1.165, 1.54) is 24.3 Å². The molecule has 23 heavy (non-hydrogen) atoms. The van der Waals surface area contributed by atoms with Gasteiger partial charge in [-0.2, -0.15) is 12.8 Å². The lowest BCUT2D eigenvalue weighted by Crippen LogP contribution is -2.15. The van der Waals surface area contributed by atoms with Crippen LogP contribution in [-0.4, -0.2) is 24.8 Å². The van der Waals surface area contributed by atoms with Crippen LogP contribution >= 0.6 is 15.9 Å². The summed E-state index contributed by atoms with van der Waals surface area (Å²) in [6.07, 6.45) is 1.37. The molecule has 2 rings (SSSR count). The number of carbonyl (C=O) groups excluding carboxylic acids is 1. The van der Waals surface area contributed by atoms with E-state index in [1.54, 1.807) is 13.8 Å². The summed E-state index contributed by atoms with van der Waals surface area (Å²) in [7, 11) is -4.14. The van der Waals surface area contributed by atoms with Crippen LogP contribution in [0.4, 0.5) is 5.69 Å². The highest BCUT2D eigenvalue weighted by molar-refractivity contribution is 9.12. The second kappa shape index (κ2) is 6.17. The van der Waals surface area contributed by atoms with Gasteiger partial charge in [0.15, 0.2) is 5.78 Å². The number of allylic oxidation sites excluding steroid dienone is 4. The summed E-state index contributed by atoms with van der Waals surface area (Å²) < 4.78 is 28.7. The number of Topliss-reactive ketones (excluding diaryl/α,β-unsaturated/α-hetero) is 1. The fraction of sp³-hybridized carbons (Fsp3) is 0.143. The highest BCUT2D eigenvalue weighted by atomic mass is 79.9. The van der Waals surface area contributed by atoms with Crippen molar-refractivity contribution in [1.82, 2.24) is 0 Å². The van der Waals surface area contributed by atoms with Gasteiger partial charge < -0.3 is 0 Å². The smallest absolute Gasteiger partial charge is 0.283 e. The van der Waals surface area contributed by atoms with Crippen LogP contribution in [0.1, 0.15) is 13.8 Å². The van der Waals surface area contributed by atoms with E-state index in [0.29, 0.717) is 11.1 Å². The molecule has 0 atom stereocenters. The lowest BCUT2D eigenvalue weighted by atomic mass is 9.99. The summed E-state index contributed by atoms with van der Waals surface area (Å²) in [6, 6.07) is 4.63. The molecule has 0 fully saturated rings. The minimum atomic E-state index is -4.14. The number of ketones is 1. The average Bonchev–Trinajstić information content (AvgIpc) is 2.50. The van der Waals surface area contributed by atoms with Gasteiger partial charge in [0.1, 0.15) is 0 Å². The third-order valence-electron chi connectivity index (χ3n) is 3.17. The molecule has 0 N–H and O–H groups in total. The average molecular weight is 399 g/mol. The molecule has 0 amide bonds. The molecule has 7 nitrogen and oxygen atoms in total. The molecule has 1 aliphatic rings. The Morgan fingerprint density at radius 3 is 2.52 bits per heavy atom. The first-order valence-electron chi connectivity index (χ1n) is 6.32. The molecule has 0 saturated carbocycles. The fourth-order valence-corrected chi connectivity index (χ4v) is 3.46. The molecule has 1 aliphatic carbocycles. The summed E-state index contributed by atoms with van der Waals surface area (Å²) in [6.45, 7) is 3.11. The Hall–Kier alpha value is -2.13. The van der Waals surface area contributed by atoms with Crippen molar-refractivity contribution in [2.75, 3.05) is 0 Å². The molecule has 1 aromatic rings. The lowest BCUT2D eigenvalue weighted by molar-refractivity contribution is -0.385. The zero-order valence-corrected chi connectivity index (χ0v) is 14.5. The van der Waals surface area contributed by atoms with Gasteiger partial charge in [-0.05, 0) is 53.1 Å². The second-order valence-electron chi connectivity index (χ2n) is 4.80. The first-order chi connectivity index (χ1) is 10.6. The second-order valence-corrected chi connectivity index (χ2v) is 7.20. The Kier molecular flexibility index (Phi) is 4.62. The minimum absolute atomic E-state index is 0.112. The fourth-order valence-electron chi connectivity index (χ4n) is 1.87.